The van der Waals surface area contributed by atoms with Gasteiger partial charge in [-0.1, -0.05) is 11.3 Å². The van der Waals surface area contributed by atoms with E-state index in [1.54, 1.807) is 35.6 Å². The molecule has 1 aliphatic rings. The maximum Gasteiger partial charge on any atom is 0.255 e. The molecule has 0 unspecified atom stereocenters. The molecule has 0 spiro atoms. The molecule has 2 aromatic carbocycles. The molecular formula is C19H16N4OS. The number of anilines is 2. The van der Waals surface area contributed by atoms with Crippen LogP contribution in [0, 0.1) is 11.3 Å². The summed E-state index contributed by atoms with van der Waals surface area (Å²) in [6.07, 6.45) is 2.45. The van der Waals surface area contributed by atoms with Crippen LogP contribution in [0.5, 0.6) is 0 Å². The number of carbonyl (C=O) groups excluding carboxylic acids is 1. The van der Waals surface area contributed by atoms with E-state index in [1.165, 1.54) is 12.8 Å². The number of nitrogens with zero attached hydrogens (tertiary/aromatic N) is 3. The summed E-state index contributed by atoms with van der Waals surface area (Å²) in [6.45, 7) is 2.14. The second-order valence-corrected chi connectivity index (χ2v) is 7.03. The lowest BCUT2D eigenvalue weighted by Crippen LogP contribution is -2.16. The highest BCUT2D eigenvalue weighted by atomic mass is 32.1. The third kappa shape index (κ3) is 3.19. The van der Waals surface area contributed by atoms with Crippen molar-refractivity contribution in [3.63, 3.8) is 0 Å². The van der Waals surface area contributed by atoms with E-state index in [-0.39, 0.29) is 5.91 Å². The maximum absolute atomic E-state index is 12.3. The lowest BCUT2D eigenvalue weighted by atomic mass is 10.1. The van der Waals surface area contributed by atoms with E-state index in [0.29, 0.717) is 11.1 Å². The Kier molecular flexibility index (Phi) is 4.08. The Balaban J connectivity index is 1.54. The van der Waals surface area contributed by atoms with Crippen LogP contribution < -0.4 is 10.2 Å². The van der Waals surface area contributed by atoms with Crippen LogP contribution in [0.2, 0.25) is 0 Å². The molecule has 1 saturated heterocycles. The number of nitrogens with one attached hydrogen (secondary N) is 1. The minimum absolute atomic E-state index is 0.187. The average molecular weight is 348 g/mol. The molecule has 25 heavy (non-hydrogen) atoms. The quantitative estimate of drug-likeness (QED) is 0.776. The van der Waals surface area contributed by atoms with Crippen molar-refractivity contribution in [1.82, 2.24) is 4.98 Å². The molecular weight excluding hydrogens is 332 g/mol. The van der Waals surface area contributed by atoms with Gasteiger partial charge in [0.05, 0.1) is 21.8 Å². The smallest absolute Gasteiger partial charge is 0.255 e. The number of benzene rings is 2. The van der Waals surface area contributed by atoms with Gasteiger partial charge in [-0.3, -0.25) is 4.79 Å². The molecule has 0 saturated carbocycles. The number of rotatable bonds is 3. The summed E-state index contributed by atoms with van der Waals surface area (Å²) in [5.74, 6) is -0.187. The number of nitriles is 1. The van der Waals surface area contributed by atoms with Gasteiger partial charge in [-0.2, -0.15) is 5.26 Å². The van der Waals surface area contributed by atoms with Crippen LogP contribution in [0.1, 0.15) is 28.8 Å². The maximum atomic E-state index is 12.3. The summed E-state index contributed by atoms with van der Waals surface area (Å²) in [5.41, 5.74) is 2.78. The number of hydrogen-bond acceptors (Lipinski definition) is 5. The predicted molar refractivity (Wildman–Crippen MR) is 100 cm³/mol. The third-order valence-corrected chi connectivity index (χ3v) is 5.37. The molecule has 6 heteroatoms. The molecule has 0 atom stereocenters. The van der Waals surface area contributed by atoms with Crippen molar-refractivity contribution in [3.05, 3.63) is 53.6 Å². The molecule has 5 nitrogen and oxygen atoms in total. The van der Waals surface area contributed by atoms with Gasteiger partial charge >= 0.3 is 0 Å². The van der Waals surface area contributed by atoms with Gasteiger partial charge in [0.25, 0.3) is 5.91 Å². The molecule has 1 aromatic heterocycles. The minimum atomic E-state index is -0.187. The van der Waals surface area contributed by atoms with Crippen molar-refractivity contribution < 1.29 is 4.79 Å². The average Bonchev–Trinajstić information content (AvgIpc) is 3.30. The van der Waals surface area contributed by atoms with Crippen molar-refractivity contribution in [2.45, 2.75) is 12.8 Å². The number of fused-ring (bicyclic) bond motifs is 1. The predicted octanol–water partition coefficient (Wildman–Crippen LogP) is 4.02. The molecule has 1 N–H and O–H groups in total. The van der Waals surface area contributed by atoms with Gasteiger partial charge in [-0.15, -0.1) is 0 Å². The van der Waals surface area contributed by atoms with Crippen LogP contribution in [0.25, 0.3) is 10.2 Å². The first-order valence-corrected chi connectivity index (χ1v) is 9.02. The fraction of sp³-hybridized carbons (Fsp3) is 0.211. The van der Waals surface area contributed by atoms with Crippen LogP contribution in [0.4, 0.5) is 10.8 Å². The fourth-order valence-corrected chi connectivity index (χ4v) is 3.99. The van der Waals surface area contributed by atoms with Gasteiger partial charge in [-0.25, -0.2) is 4.98 Å². The standard InChI is InChI=1S/C19H16N4OS/c20-12-13-3-5-14(6-4-13)18(24)21-15-7-8-16-17(11-15)25-19(22-16)23-9-1-2-10-23/h3-8,11H,1-2,9-10H2,(H,21,24). The number of thiazole rings is 1. The zero-order valence-electron chi connectivity index (χ0n) is 13.5. The highest BCUT2D eigenvalue weighted by Gasteiger charge is 2.16. The Morgan fingerprint density at radius 2 is 1.92 bits per heavy atom. The monoisotopic (exact) mass is 348 g/mol. The topological polar surface area (TPSA) is 69.0 Å². The number of carbonyl (C=O) groups is 1. The largest absolute Gasteiger partial charge is 0.348 e. The summed E-state index contributed by atoms with van der Waals surface area (Å²) in [5, 5.41) is 12.8. The van der Waals surface area contributed by atoms with Crippen LogP contribution in [-0.4, -0.2) is 24.0 Å². The van der Waals surface area contributed by atoms with Crippen LogP contribution in [-0.2, 0) is 0 Å². The molecule has 0 radical (unpaired) electrons. The Morgan fingerprint density at radius 1 is 1.16 bits per heavy atom. The van der Waals surface area contributed by atoms with E-state index in [4.69, 9.17) is 10.2 Å². The first kappa shape index (κ1) is 15.6. The molecule has 1 amide bonds. The molecule has 1 aliphatic heterocycles. The SMILES string of the molecule is N#Cc1ccc(C(=O)Nc2ccc3nc(N4CCCC4)sc3c2)cc1. The lowest BCUT2D eigenvalue weighted by molar-refractivity contribution is 0.102. The normalized spacial score (nSPS) is 13.8. The molecule has 124 valence electrons. The van der Waals surface area contributed by atoms with Crippen molar-refractivity contribution in [1.29, 1.82) is 5.26 Å². The van der Waals surface area contributed by atoms with Crippen molar-refractivity contribution in [2.75, 3.05) is 23.3 Å². The summed E-state index contributed by atoms with van der Waals surface area (Å²) in [4.78, 5) is 19.4. The van der Waals surface area contributed by atoms with Crippen molar-refractivity contribution in [3.8, 4) is 6.07 Å². The second-order valence-electron chi connectivity index (χ2n) is 6.02. The minimum Gasteiger partial charge on any atom is -0.348 e. The van der Waals surface area contributed by atoms with E-state index in [2.05, 4.69) is 10.2 Å². The van der Waals surface area contributed by atoms with Gasteiger partial charge in [-0.05, 0) is 55.3 Å². The van der Waals surface area contributed by atoms with Crippen LogP contribution in [0.15, 0.2) is 42.5 Å². The Hall–Kier alpha value is -2.91. The molecule has 0 aliphatic carbocycles. The summed E-state index contributed by atoms with van der Waals surface area (Å²) < 4.78 is 1.07. The number of amides is 1. The lowest BCUT2D eigenvalue weighted by Gasteiger charge is -2.11. The van der Waals surface area contributed by atoms with Gasteiger partial charge in [0.15, 0.2) is 5.13 Å². The zero-order chi connectivity index (χ0) is 17.2. The van der Waals surface area contributed by atoms with Crippen LogP contribution >= 0.6 is 11.3 Å². The van der Waals surface area contributed by atoms with Crippen LogP contribution in [0.3, 0.4) is 0 Å². The Morgan fingerprint density at radius 3 is 2.64 bits per heavy atom. The van der Waals surface area contributed by atoms with Gasteiger partial charge < -0.3 is 10.2 Å². The summed E-state index contributed by atoms with van der Waals surface area (Å²) in [7, 11) is 0. The summed E-state index contributed by atoms with van der Waals surface area (Å²) in [6, 6.07) is 14.4. The second kappa shape index (κ2) is 6.54. The van der Waals surface area contributed by atoms with Gasteiger partial charge in [0, 0.05) is 24.3 Å². The van der Waals surface area contributed by atoms with E-state index >= 15 is 0 Å². The zero-order valence-corrected chi connectivity index (χ0v) is 14.3. The summed E-state index contributed by atoms with van der Waals surface area (Å²) >= 11 is 1.66. The molecule has 4 rings (SSSR count). The molecule has 0 bridgehead atoms. The molecule has 2 heterocycles. The Labute approximate surface area is 149 Å². The van der Waals surface area contributed by atoms with Crippen molar-refractivity contribution >= 4 is 38.3 Å². The van der Waals surface area contributed by atoms with E-state index in [1.807, 2.05) is 24.3 Å². The van der Waals surface area contributed by atoms with Gasteiger partial charge in [0.2, 0.25) is 0 Å². The first-order valence-electron chi connectivity index (χ1n) is 8.20. The number of aromatic nitrogens is 1. The van der Waals surface area contributed by atoms with E-state index in [0.717, 1.165) is 34.1 Å². The highest BCUT2D eigenvalue weighted by Crippen LogP contribution is 2.32. The van der Waals surface area contributed by atoms with E-state index < -0.39 is 0 Å². The first-order chi connectivity index (χ1) is 12.2. The third-order valence-electron chi connectivity index (χ3n) is 4.29. The number of hydrogen-bond donors (Lipinski definition) is 1. The highest BCUT2D eigenvalue weighted by molar-refractivity contribution is 7.22. The van der Waals surface area contributed by atoms with Gasteiger partial charge in [0.1, 0.15) is 0 Å². The molecule has 1 fully saturated rings. The van der Waals surface area contributed by atoms with Crippen molar-refractivity contribution in [2.24, 2.45) is 0 Å². The molecule has 3 aromatic rings. The van der Waals surface area contributed by atoms with E-state index in [9.17, 15) is 4.79 Å². The fourth-order valence-electron chi connectivity index (χ4n) is 2.93. The Bertz CT molecular complexity index is 965.